The number of thiazole rings is 1. The lowest BCUT2D eigenvalue weighted by Gasteiger charge is -2.27. The van der Waals surface area contributed by atoms with E-state index in [1.54, 1.807) is 43.4 Å². The van der Waals surface area contributed by atoms with Gasteiger partial charge in [0, 0.05) is 37.8 Å². The summed E-state index contributed by atoms with van der Waals surface area (Å²) < 4.78 is 31.0. The van der Waals surface area contributed by atoms with Gasteiger partial charge in [-0.3, -0.25) is 14.6 Å². The van der Waals surface area contributed by atoms with Gasteiger partial charge < -0.3 is 14.2 Å². The van der Waals surface area contributed by atoms with Crippen molar-refractivity contribution in [2.75, 3.05) is 58.5 Å². The highest BCUT2D eigenvalue weighted by Gasteiger charge is 2.23. The van der Waals surface area contributed by atoms with Gasteiger partial charge in [0.15, 0.2) is 5.13 Å². The number of benzene rings is 2. The van der Waals surface area contributed by atoms with E-state index in [0.717, 1.165) is 39.3 Å². The fourth-order valence-corrected chi connectivity index (χ4v) is 4.67. The number of hydrogen-bond acceptors (Lipinski definition) is 7. The summed E-state index contributed by atoms with van der Waals surface area (Å²) in [4.78, 5) is 22.0. The lowest BCUT2D eigenvalue weighted by molar-refractivity contribution is 0.0376. The van der Waals surface area contributed by atoms with E-state index in [9.17, 15) is 9.18 Å². The van der Waals surface area contributed by atoms with E-state index < -0.39 is 5.82 Å². The molecule has 4 rings (SSSR count). The summed E-state index contributed by atoms with van der Waals surface area (Å²) in [7, 11) is 3.08. The first-order valence-electron chi connectivity index (χ1n) is 10.5. The van der Waals surface area contributed by atoms with Gasteiger partial charge in [-0.2, -0.15) is 0 Å². The van der Waals surface area contributed by atoms with E-state index in [4.69, 9.17) is 14.2 Å². The second-order valence-electron chi connectivity index (χ2n) is 7.45. The van der Waals surface area contributed by atoms with Crippen LogP contribution in [0.15, 0.2) is 36.4 Å². The molecule has 0 atom stereocenters. The molecule has 1 aliphatic heterocycles. The Labute approximate surface area is 190 Å². The molecular weight excluding hydrogens is 433 g/mol. The summed E-state index contributed by atoms with van der Waals surface area (Å²) in [6, 6.07) is 9.90. The lowest BCUT2D eigenvalue weighted by Crippen LogP contribution is -2.39. The van der Waals surface area contributed by atoms with Crippen LogP contribution in [0.5, 0.6) is 11.5 Å². The van der Waals surface area contributed by atoms with Crippen LogP contribution in [0.2, 0.25) is 0 Å². The van der Waals surface area contributed by atoms with Crippen LogP contribution in [0.4, 0.5) is 9.52 Å². The second-order valence-corrected chi connectivity index (χ2v) is 8.46. The molecule has 1 aliphatic rings. The number of carbonyl (C=O) groups is 1. The van der Waals surface area contributed by atoms with Gasteiger partial charge in [-0.15, -0.1) is 0 Å². The Bertz CT molecular complexity index is 1060. The minimum absolute atomic E-state index is 0.233. The Morgan fingerprint density at radius 1 is 1.19 bits per heavy atom. The number of hydrogen-bond donors (Lipinski definition) is 0. The van der Waals surface area contributed by atoms with Crippen LogP contribution in [0.1, 0.15) is 16.8 Å². The lowest BCUT2D eigenvalue weighted by atomic mass is 10.1. The van der Waals surface area contributed by atoms with Gasteiger partial charge in [0.05, 0.1) is 32.1 Å². The van der Waals surface area contributed by atoms with Gasteiger partial charge in [0.2, 0.25) is 0 Å². The Balaban J connectivity index is 1.63. The number of carbonyl (C=O) groups excluding carboxylic acids is 1. The number of aromatic nitrogens is 1. The van der Waals surface area contributed by atoms with E-state index in [-0.39, 0.29) is 11.4 Å². The molecule has 1 aromatic heterocycles. The molecule has 0 N–H and O–H groups in total. The van der Waals surface area contributed by atoms with Gasteiger partial charge in [0.25, 0.3) is 5.91 Å². The molecule has 1 fully saturated rings. The molecule has 1 saturated heterocycles. The molecule has 0 saturated carbocycles. The predicted octanol–water partition coefficient (Wildman–Crippen LogP) is 3.82. The standard InChI is InChI=1S/C23H26FN3O4S/c1-29-17-13-16(14-18(15-17)30-2)22(28)27(8-4-7-26-9-11-31-12-10-26)23-25-21-19(24)5-3-6-20(21)32-23/h3,5-6,13-15H,4,7-12H2,1-2H3. The van der Waals surface area contributed by atoms with Gasteiger partial charge in [0.1, 0.15) is 22.8 Å². The smallest absolute Gasteiger partial charge is 0.260 e. The average Bonchev–Trinajstić information content (AvgIpc) is 3.27. The van der Waals surface area contributed by atoms with Crippen LogP contribution in [0.25, 0.3) is 10.2 Å². The fourth-order valence-electron chi connectivity index (χ4n) is 3.67. The van der Waals surface area contributed by atoms with Gasteiger partial charge in [-0.25, -0.2) is 9.37 Å². The van der Waals surface area contributed by atoms with E-state index in [1.165, 1.54) is 17.4 Å². The topological polar surface area (TPSA) is 64.1 Å². The molecule has 0 aliphatic carbocycles. The quantitative estimate of drug-likeness (QED) is 0.510. The van der Waals surface area contributed by atoms with Crippen molar-refractivity contribution in [3.8, 4) is 11.5 Å². The highest BCUT2D eigenvalue weighted by atomic mass is 32.1. The van der Waals surface area contributed by atoms with Gasteiger partial charge in [-0.05, 0) is 30.7 Å². The molecule has 9 heteroatoms. The number of methoxy groups -OCH3 is 2. The van der Waals surface area contributed by atoms with Crippen molar-refractivity contribution in [3.05, 3.63) is 47.8 Å². The molecule has 0 spiro atoms. The molecule has 2 heterocycles. The molecule has 170 valence electrons. The number of anilines is 1. The summed E-state index contributed by atoms with van der Waals surface area (Å²) in [6.45, 7) is 4.51. The molecule has 1 amide bonds. The minimum atomic E-state index is -0.395. The predicted molar refractivity (Wildman–Crippen MR) is 123 cm³/mol. The fraction of sp³-hybridized carbons (Fsp3) is 0.391. The number of halogens is 1. The second kappa shape index (κ2) is 10.2. The molecule has 7 nitrogen and oxygen atoms in total. The van der Waals surface area contributed by atoms with Crippen LogP contribution >= 0.6 is 11.3 Å². The monoisotopic (exact) mass is 459 g/mol. The van der Waals surface area contributed by atoms with E-state index in [1.807, 2.05) is 6.07 Å². The molecule has 0 bridgehead atoms. The third kappa shape index (κ3) is 5.01. The maximum Gasteiger partial charge on any atom is 0.260 e. The van der Waals surface area contributed by atoms with Gasteiger partial charge in [-0.1, -0.05) is 17.4 Å². The number of fused-ring (bicyclic) bond motifs is 1. The third-order valence-electron chi connectivity index (χ3n) is 5.39. The summed E-state index contributed by atoms with van der Waals surface area (Å²) in [5, 5.41) is 0.471. The van der Waals surface area contributed by atoms with Crippen molar-refractivity contribution in [1.82, 2.24) is 9.88 Å². The zero-order chi connectivity index (χ0) is 22.5. The number of rotatable bonds is 8. The number of ether oxygens (including phenoxy) is 3. The van der Waals surface area contributed by atoms with Gasteiger partial charge >= 0.3 is 0 Å². The summed E-state index contributed by atoms with van der Waals surface area (Å²) in [5.74, 6) is 0.421. The maximum absolute atomic E-state index is 14.3. The van der Waals surface area contributed by atoms with Crippen molar-refractivity contribution < 1.29 is 23.4 Å². The first-order valence-corrected chi connectivity index (χ1v) is 11.3. The average molecular weight is 460 g/mol. The van der Waals surface area contributed by atoms with Crippen LogP contribution in [0, 0.1) is 5.82 Å². The number of morpholine rings is 1. The van der Waals surface area contributed by atoms with Crippen LogP contribution in [-0.4, -0.2) is 69.4 Å². The Kier molecular flexibility index (Phi) is 7.19. The number of nitrogens with zero attached hydrogens (tertiary/aromatic N) is 3. The highest BCUT2D eigenvalue weighted by molar-refractivity contribution is 7.22. The van der Waals surface area contributed by atoms with Crippen molar-refractivity contribution in [3.63, 3.8) is 0 Å². The number of amides is 1. The van der Waals surface area contributed by atoms with Crippen molar-refractivity contribution in [1.29, 1.82) is 0 Å². The van der Waals surface area contributed by atoms with Crippen LogP contribution < -0.4 is 14.4 Å². The molecule has 32 heavy (non-hydrogen) atoms. The summed E-state index contributed by atoms with van der Waals surface area (Å²) in [5.41, 5.74) is 0.703. The highest BCUT2D eigenvalue weighted by Crippen LogP contribution is 2.32. The SMILES string of the molecule is COc1cc(OC)cc(C(=O)N(CCCN2CCOCC2)c2nc3c(F)cccc3s2)c1. The van der Waals surface area contributed by atoms with E-state index in [0.29, 0.717) is 33.4 Å². The minimum Gasteiger partial charge on any atom is -0.497 e. The van der Waals surface area contributed by atoms with Crippen LogP contribution in [-0.2, 0) is 4.74 Å². The first-order chi connectivity index (χ1) is 15.6. The maximum atomic E-state index is 14.3. The molecular formula is C23H26FN3O4S. The summed E-state index contributed by atoms with van der Waals surface area (Å²) >= 11 is 1.31. The largest absolute Gasteiger partial charge is 0.497 e. The molecule has 2 aromatic carbocycles. The third-order valence-corrected chi connectivity index (χ3v) is 6.44. The molecule has 3 aromatic rings. The zero-order valence-corrected chi connectivity index (χ0v) is 19.0. The zero-order valence-electron chi connectivity index (χ0n) is 18.2. The van der Waals surface area contributed by atoms with Crippen LogP contribution in [0.3, 0.4) is 0 Å². The normalized spacial score (nSPS) is 14.5. The summed E-state index contributed by atoms with van der Waals surface area (Å²) in [6.07, 6.45) is 0.755. The van der Waals surface area contributed by atoms with Crippen molar-refractivity contribution >= 4 is 32.6 Å². The number of para-hydroxylation sites is 1. The van der Waals surface area contributed by atoms with Crippen molar-refractivity contribution in [2.24, 2.45) is 0 Å². The van der Waals surface area contributed by atoms with E-state index in [2.05, 4.69) is 9.88 Å². The molecule has 0 radical (unpaired) electrons. The molecule has 0 unspecified atom stereocenters. The Morgan fingerprint density at radius 2 is 1.91 bits per heavy atom. The van der Waals surface area contributed by atoms with E-state index >= 15 is 0 Å². The van der Waals surface area contributed by atoms with Crippen molar-refractivity contribution in [2.45, 2.75) is 6.42 Å². The first kappa shape index (κ1) is 22.4. The Morgan fingerprint density at radius 3 is 2.56 bits per heavy atom. The Hall–Kier alpha value is -2.75.